The number of amides is 1. The summed E-state index contributed by atoms with van der Waals surface area (Å²) in [4.78, 5) is 15.8. The van der Waals surface area contributed by atoms with Gasteiger partial charge in [-0.2, -0.15) is 5.26 Å². The summed E-state index contributed by atoms with van der Waals surface area (Å²) in [5, 5.41) is 11.8. The van der Waals surface area contributed by atoms with Crippen LogP contribution in [-0.4, -0.2) is 61.0 Å². The minimum atomic E-state index is 0.0178. The van der Waals surface area contributed by atoms with Gasteiger partial charge in [0.2, 0.25) is 5.91 Å². The summed E-state index contributed by atoms with van der Waals surface area (Å²) in [5.74, 6) is 0.0928. The molecular formula is C12H22N4O. The van der Waals surface area contributed by atoms with Crippen molar-refractivity contribution in [3.05, 3.63) is 0 Å². The Morgan fingerprint density at radius 2 is 2.29 bits per heavy atom. The van der Waals surface area contributed by atoms with E-state index < -0.39 is 0 Å². The third-order valence-corrected chi connectivity index (χ3v) is 3.28. The van der Waals surface area contributed by atoms with E-state index in [1.807, 2.05) is 0 Å². The highest BCUT2D eigenvalue weighted by Crippen LogP contribution is 2.15. The number of hydrogen-bond donors (Lipinski definition) is 1. The molecule has 0 aromatic rings. The molecule has 0 atom stereocenters. The number of nitriles is 1. The van der Waals surface area contributed by atoms with Gasteiger partial charge in [0.25, 0.3) is 0 Å². The van der Waals surface area contributed by atoms with Crippen molar-refractivity contribution in [2.75, 3.05) is 39.8 Å². The van der Waals surface area contributed by atoms with Crippen LogP contribution in [0.15, 0.2) is 0 Å². The lowest BCUT2D eigenvalue weighted by Crippen LogP contribution is -2.59. The first-order chi connectivity index (χ1) is 7.97. The van der Waals surface area contributed by atoms with E-state index in [1.165, 1.54) is 0 Å². The van der Waals surface area contributed by atoms with Crippen molar-refractivity contribution < 1.29 is 4.79 Å². The topological polar surface area (TPSA) is 59.4 Å². The summed E-state index contributed by atoms with van der Waals surface area (Å²) in [6, 6.07) is 2.06. The van der Waals surface area contributed by atoms with Crippen molar-refractivity contribution in [1.82, 2.24) is 15.1 Å². The number of nitrogens with one attached hydrogen (secondary N) is 1. The molecule has 1 saturated heterocycles. The van der Waals surface area contributed by atoms with Gasteiger partial charge in [-0.15, -0.1) is 0 Å². The molecular weight excluding hydrogens is 216 g/mol. The van der Waals surface area contributed by atoms with E-state index in [1.54, 1.807) is 11.9 Å². The van der Waals surface area contributed by atoms with Crippen molar-refractivity contribution in [3.63, 3.8) is 0 Å². The molecule has 1 amide bonds. The molecule has 0 aromatic heterocycles. The SMILES string of the molecule is CN(CCC#N)C(=O)CN1CCNCC1(C)C. The van der Waals surface area contributed by atoms with Gasteiger partial charge in [-0.05, 0) is 13.8 Å². The summed E-state index contributed by atoms with van der Waals surface area (Å²) in [5.41, 5.74) is 0.0178. The molecule has 1 aliphatic rings. The summed E-state index contributed by atoms with van der Waals surface area (Å²) in [7, 11) is 1.76. The van der Waals surface area contributed by atoms with Crippen LogP contribution in [0.25, 0.3) is 0 Å². The molecule has 1 rings (SSSR count). The highest BCUT2D eigenvalue weighted by molar-refractivity contribution is 5.78. The van der Waals surface area contributed by atoms with E-state index in [0.717, 1.165) is 19.6 Å². The predicted octanol–water partition coefficient (Wildman–Crippen LogP) is 0.0423. The molecule has 1 fully saturated rings. The van der Waals surface area contributed by atoms with Crippen molar-refractivity contribution in [1.29, 1.82) is 5.26 Å². The van der Waals surface area contributed by atoms with Gasteiger partial charge in [-0.3, -0.25) is 9.69 Å². The molecule has 1 heterocycles. The standard InChI is InChI=1S/C12H22N4O/c1-12(2)10-14-6-8-16(12)9-11(17)15(3)7-4-5-13/h14H,4,6-10H2,1-3H3. The second kappa shape index (κ2) is 5.99. The second-order valence-corrected chi connectivity index (χ2v) is 5.13. The van der Waals surface area contributed by atoms with Gasteiger partial charge >= 0.3 is 0 Å². The Hall–Kier alpha value is -1.12. The van der Waals surface area contributed by atoms with Gasteiger partial charge in [0.05, 0.1) is 19.0 Å². The van der Waals surface area contributed by atoms with Crippen LogP contribution in [0.1, 0.15) is 20.3 Å². The number of rotatable bonds is 4. The van der Waals surface area contributed by atoms with Crippen LogP contribution >= 0.6 is 0 Å². The second-order valence-electron chi connectivity index (χ2n) is 5.13. The first kappa shape index (κ1) is 13.9. The zero-order valence-corrected chi connectivity index (χ0v) is 11.0. The van der Waals surface area contributed by atoms with E-state index in [0.29, 0.717) is 19.5 Å². The normalized spacial score (nSPS) is 19.6. The smallest absolute Gasteiger partial charge is 0.236 e. The van der Waals surface area contributed by atoms with Crippen molar-refractivity contribution in [2.45, 2.75) is 25.8 Å². The minimum absolute atomic E-state index is 0.0178. The van der Waals surface area contributed by atoms with Crippen LogP contribution in [0, 0.1) is 11.3 Å². The molecule has 0 spiro atoms. The minimum Gasteiger partial charge on any atom is -0.344 e. The molecule has 1 N–H and O–H groups in total. The Kier molecular flexibility index (Phi) is 4.91. The largest absolute Gasteiger partial charge is 0.344 e. The average Bonchev–Trinajstić information content (AvgIpc) is 2.28. The highest BCUT2D eigenvalue weighted by atomic mass is 16.2. The van der Waals surface area contributed by atoms with Crippen LogP contribution in [0.4, 0.5) is 0 Å². The Morgan fingerprint density at radius 1 is 1.59 bits per heavy atom. The van der Waals surface area contributed by atoms with E-state index in [9.17, 15) is 4.79 Å². The summed E-state index contributed by atoms with van der Waals surface area (Å²) in [6.07, 6.45) is 0.396. The van der Waals surface area contributed by atoms with Gasteiger partial charge < -0.3 is 10.2 Å². The number of carbonyl (C=O) groups is 1. The maximum absolute atomic E-state index is 12.0. The van der Waals surface area contributed by atoms with Crippen LogP contribution in [0.2, 0.25) is 0 Å². The fraction of sp³-hybridized carbons (Fsp3) is 0.833. The number of likely N-dealkylation sites (N-methyl/N-ethyl adjacent to an activating group) is 1. The lowest BCUT2D eigenvalue weighted by molar-refractivity contribution is -0.132. The maximum atomic E-state index is 12.0. The lowest BCUT2D eigenvalue weighted by atomic mass is 10.0. The summed E-state index contributed by atoms with van der Waals surface area (Å²) < 4.78 is 0. The van der Waals surface area contributed by atoms with Gasteiger partial charge in [0.15, 0.2) is 0 Å². The first-order valence-electron chi connectivity index (χ1n) is 6.04. The Balaban J connectivity index is 2.47. The van der Waals surface area contributed by atoms with E-state index in [2.05, 4.69) is 30.1 Å². The van der Waals surface area contributed by atoms with Gasteiger partial charge in [0, 0.05) is 38.8 Å². The van der Waals surface area contributed by atoms with Crippen molar-refractivity contribution in [3.8, 4) is 6.07 Å². The molecule has 0 aromatic carbocycles. The molecule has 0 radical (unpaired) electrons. The predicted molar refractivity (Wildman–Crippen MR) is 66.4 cm³/mol. The highest BCUT2D eigenvalue weighted by Gasteiger charge is 2.31. The van der Waals surface area contributed by atoms with Crippen LogP contribution in [0.3, 0.4) is 0 Å². The van der Waals surface area contributed by atoms with Gasteiger partial charge in [-0.1, -0.05) is 0 Å². The van der Waals surface area contributed by atoms with Gasteiger partial charge in [0.1, 0.15) is 0 Å². The van der Waals surface area contributed by atoms with E-state index in [-0.39, 0.29) is 11.4 Å². The van der Waals surface area contributed by atoms with Crippen LogP contribution < -0.4 is 5.32 Å². The maximum Gasteiger partial charge on any atom is 0.236 e. The van der Waals surface area contributed by atoms with Gasteiger partial charge in [-0.25, -0.2) is 0 Å². The molecule has 1 aliphatic heterocycles. The molecule has 0 saturated carbocycles. The fourth-order valence-electron chi connectivity index (χ4n) is 1.94. The third kappa shape index (κ3) is 3.99. The molecule has 5 heteroatoms. The molecule has 0 aliphatic carbocycles. The average molecular weight is 238 g/mol. The fourth-order valence-corrected chi connectivity index (χ4v) is 1.94. The lowest BCUT2D eigenvalue weighted by Gasteiger charge is -2.42. The molecule has 5 nitrogen and oxygen atoms in total. The summed E-state index contributed by atoms with van der Waals surface area (Å²) in [6.45, 7) is 7.97. The third-order valence-electron chi connectivity index (χ3n) is 3.28. The zero-order valence-electron chi connectivity index (χ0n) is 11.0. The van der Waals surface area contributed by atoms with Crippen LogP contribution in [-0.2, 0) is 4.79 Å². The molecule has 0 unspecified atom stereocenters. The molecule has 17 heavy (non-hydrogen) atoms. The number of nitrogens with zero attached hydrogens (tertiary/aromatic N) is 3. The molecule has 96 valence electrons. The zero-order chi connectivity index (χ0) is 12.9. The number of hydrogen-bond acceptors (Lipinski definition) is 4. The van der Waals surface area contributed by atoms with E-state index in [4.69, 9.17) is 5.26 Å². The number of carbonyl (C=O) groups excluding carboxylic acids is 1. The van der Waals surface area contributed by atoms with Crippen molar-refractivity contribution >= 4 is 5.91 Å². The quantitative estimate of drug-likeness (QED) is 0.751. The van der Waals surface area contributed by atoms with E-state index >= 15 is 0 Å². The Bertz CT molecular complexity index is 308. The Labute approximate surface area is 103 Å². The van der Waals surface area contributed by atoms with Crippen molar-refractivity contribution in [2.24, 2.45) is 0 Å². The summed E-state index contributed by atoms with van der Waals surface area (Å²) >= 11 is 0. The monoisotopic (exact) mass is 238 g/mol. The number of piperazine rings is 1. The van der Waals surface area contributed by atoms with Crippen LogP contribution in [0.5, 0.6) is 0 Å². The first-order valence-corrected chi connectivity index (χ1v) is 6.04. The Morgan fingerprint density at radius 3 is 2.88 bits per heavy atom. The molecule has 0 bridgehead atoms.